The third-order valence-corrected chi connectivity index (χ3v) is 5.92. The summed E-state index contributed by atoms with van der Waals surface area (Å²) >= 11 is 1.91. The van der Waals surface area contributed by atoms with E-state index < -0.39 is 0 Å². The summed E-state index contributed by atoms with van der Waals surface area (Å²) in [5.41, 5.74) is 1.53. The van der Waals surface area contributed by atoms with Crippen LogP contribution in [-0.4, -0.2) is 55.5 Å². The van der Waals surface area contributed by atoms with Crippen molar-refractivity contribution in [2.75, 3.05) is 39.8 Å². The van der Waals surface area contributed by atoms with Crippen molar-refractivity contribution in [3.8, 4) is 0 Å². The molecule has 0 aliphatic carbocycles. The van der Waals surface area contributed by atoms with Crippen LogP contribution in [-0.2, 0) is 13.0 Å². The van der Waals surface area contributed by atoms with Gasteiger partial charge in [-0.2, -0.15) is 0 Å². The molecule has 0 amide bonds. The first-order valence-electron chi connectivity index (χ1n) is 8.49. The number of nitrogens with zero attached hydrogens (tertiary/aromatic N) is 3. The summed E-state index contributed by atoms with van der Waals surface area (Å²) in [5, 5.41) is 5.78. The van der Waals surface area contributed by atoms with Crippen molar-refractivity contribution in [3.05, 3.63) is 21.9 Å². The van der Waals surface area contributed by atoms with Crippen LogP contribution in [0.5, 0.6) is 0 Å². The van der Waals surface area contributed by atoms with Gasteiger partial charge in [0.25, 0.3) is 0 Å². The van der Waals surface area contributed by atoms with Crippen molar-refractivity contribution in [2.24, 2.45) is 10.9 Å². The zero-order chi connectivity index (χ0) is 15.4. The zero-order valence-electron chi connectivity index (χ0n) is 14.3. The summed E-state index contributed by atoms with van der Waals surface area (Å²) in [6.45, 7) is 9.01. The van der Waals surface area contributed by atoms with Crippen molar-refractivity contribution < 1.29 is 0 Å². The molecule has 1 fully saturated rings. The number of fused-ring (bicyclic) bond motifs is 1. The largest absolute Gasteiger partial charge is 0.355 e. The number of guanidine groups is 1. The maximum Gasteiger partial charge on any atom is 0.193 e. The molecule has 2 aliphatic rings. The number of thiophene rings is 1. The molecule has 3 rings (SSSR count). The van der Waals surface area contributed by atoms with Gasteiger partial charge in [0.2, 0.25) is 0 Å². The lowest BCUT2D eigenvalue weighted by atomic mass is 10.00. The minimum absolute atomic E-state index is 0. The highest BCUT2D eigenvalue weighted by Crippen LogP contribution is 2.23. The maximum atomic E-state index is 4.46. The number of likely N-dealkylation sites (tertiary alicyclic amines) is 1. The Morgan fingerprint density at radius 1 is 1.35 bits per heavy atom. The number of halogens is 1. The maximum absolute atomic E-state index is 4.46. The van der Waals surface area contributed by atoms with Crippen molar-refractivity contribution in [1.29, 1.82) is 0 Å². The van der Waals surface area contributed by atoms with Crippen LogP contribution in [0.4, 0.5) is 0 Å². The van der Waals surface area contributed by atoms with E-state index in [-0.39, 0.29) is 24.0 Å². The molecule has 0 aromatic carbocycles. The molecule has 2 aliphatic heterocycles. The molecule has 0 bridgehead atoms. The van der Waals surface area contributed by atoms with Gasteiger partial charge in [-0.15, -0.1) is 35.3 Å². The molecule has 1 aromatic rings. The fourth-order valence-corrected chi connectivity index (χ4v) is 4.27. The summed E-state index contributed by atoms with van der Waals surface area (Å²) in [7, 11) is 1.90. The van der Waals surface area contributed by atoms with Crippen molar-refractivity contribution in [1.82, 2.24) is 15.1 Å². The standard InChI is InChI=1S/C17H28N4S.HI/c1-14-3-9-21(10-4-14)17(18-2)19-7-11-20-8-5-16-15(13-20)6-12-22-16;/h6,12,14H,3-5,7-11,13H2,1-2H3,(H,18,19);1H. The molecule has 4 nitrogen and oxygen atoms in total. The monoisotopic (exact) mass is 448 g/mol. The molecule has 0 spiro atoms. The Morgan fingerprint density at radius 2 is 2.13 bits per heavy atom. The molecule has 23 heavy (non-hydrogen) atoms. The highest BCUT2D eigenvalue weighted by molar-refractivity contribution is 14.0. The number of piperidine rings is 1. The van der Waals surface area contributed by atoms with Gasteiger partial charge in [0.1, 0.15) is 0 Å². The quantitative estimate of drug-likeness (QED) is 0.438. The lowest BCUT2D eigenvalue weighted by molar-refractivity contribution is 0.252. The first kappa shape index (κ1) is 19.0. The van der Waals surface area contributed by atoms with Crippen LogP contribution in [0.3, 0.4) is 0 Å². The Bertz CT molecular complexity index is 508. The topological polar surface area (TPSA) is 30.9 Å². The molecular weight excluding hydrogens is 419 g/mol. The third kappa shape index (κ3) is 5.06. The van der Waals surface area contributed by atoms with Crippen molar-refractivity contribution in [2.45, 2.75) is 32.7 Å². The van der Waals surface area contributed by atoms with Gasteiger partial charge in [0.15, 0.2) is 5.96 Å². The van der Waals surface area contributed by atoms with E-state index in [0.717, 1.165) is 44.6 Å². The number of nitrogens with one attached hydrogen (secondary N) is 1. The summed E-state index contributed by atoms with van der Waals surface area (Å²) in [5.74, 6) is 1.95. The van der Waals surface area contributed by atoms with Gasteiger partial charge in [-0.05, 0) is 42.2 Å². The van der Waals surface area contributed by atoms with Crippen LogP contribution in [0, 0.1) is 5.92 Å². The predicted molar refractivity (Wildman–Crippen MR) is 110 cm³/mol. The fraction of sp³-hybridized carbons (Fsp3) is 0.706. The van der Waals surface area contributed by atoms with Crippen LogP contribution < -0.4 is 5.32 Å². The number of hydrogen-bond acceptors (Lipinski definition) is 3. The minimum Gasteiger partial charge on any atom is -0.355 e. The molecule has 1 saturated heterocycles. The van der Waals surface area contributed by atoms with Gasteiger partial charge in [0, 0.05) is 51.2 Å². The van der Waals surface area contributed by atoms with E-state index in [1.807, 2.05) is 18.4 Å². The molecule has 3 heterocycles. The van der Waals surface area contributed by atoms with Gasteiger partial charge in [-0.3, -0.25) is 9.89 Å². The Morgan fingerprint density at radius 3 is 2.87 bits per heavy atom. The van der Waals surface area contributed by atoms with E-state index >= 15 is 0 Å². The third-order valence-electron chi connectivity index (χ3n) is 4.89. The number of rotatable bonds is 3. The molecule has 1 N–H and O–H groups in total. The minimum atomic E-state index is 0. The second kappa shape index (κ2) is 9.22. The van der Waals surface area contributed by atoms with E-state index in [4.69, 9.17) is 0 Å². The molecule has 130 valence electrons. The SMILES string of the molecule is CN=C(NCCN1CCc2sccc2C1)N1CCC(C)CC1.I. The Hall–Kier alpha value is -0.340. The molecule has 0 atom stereocenters. The number of hydrogen-bond donors (Lipinski definition) is 1. The molecule has 0 radical (unpaired) electrons. The summed E-state index contributed by atoms with van der Waals surface area (Å²) in [4.78, 5) is 11.0. The van der Waals surface area contributed by atoms with Crippen LogP contribution in [0.2, 0.25) is 0 Å². The van der Waals surface area contributed by atoms with E-state index in [1.54, 1.807) is 4.88 Å². The predicted octanol–water partition coefficient (Wildman–Crippen LogP) is 3.03. The lowest BCUT2D eigenvalue weighted by Crippen LogP contribution is -2.47. The Labute approximate surface area is 161 Å². The average Bonchev–Trinajstić information content (AvgIpc) is 3.00. The fourth-order valence-electron chi connectivity index (χ4n) is 3.38. The summed E-state index contributed by atoms with van der Waals surface area (Å²) in [6, 6.07) is 2.29. The second-order valence-corrected chi connectivity index (χ2v) is 7.54. The van der Waals surface area contributed by atoms with E-state index in [1.165, 1.54) is 31.4 Å². The highest BCUT2D eigenvalue weighted by atomic mass is 127. The van der Waals surface area contributed by atoms with Gasteiger partial charge >= 0.3 is 0 Å². The molecular formula is C17H29IN4S. The Balaban J connectivity index is 0.00000192. The van der Waals surface area contributed by atoms with Crippen molar-refractivity contribution >= 4 is 41.3 Å². The molecule has 1 aromatic heterocycles. The smallest absolute Gasteiger partial charge is 0.193 e. The van der Waals surface area contributed by atoms with Crippen LogP contribution in [0.15, 0.2) is 16.4 Å². The van der Waals surface area contributed by atoms with E-state index in [2.05, 4.69) is 38.5 Å². The van der Waals surface area contributed by atoms with Crippen molar-refractivity contribution in [3.63, 3.8) is 0 Å². The van der Waals surface area contributed by atoms with E-state index in [9.17, 15) is 0 Å². The lowest BCUT2D eigenvalue weighted by Gasteiger charge is -2.33. The van der Waals surface area contributed by atoms with Gasteiger partial charge in [0.05, 0.1) is 0 Å². The van der Waals surface area contributed by atoms with Gasteiger partial charge < -0.3 is 10.2 Å². The normalized spacial score (nSPS) is 20.1. The van der Waals surface area contributed by atoms with E-state index in [0.29, 0.717) is 0 Å². The van der Waals surface area contributed by atoms with Crippen LogP contribution in [0.1, 0.15) is 30.2 Å². The van der Waals surface area contributed by atoms with Crippen LogP contribution >= 0.6 is 35.3 Å². The van der Waals surface area contributed by atoms with Gasteiger partial charge in [-0.25, -0.2) is 0 Å². The van der Waals surface area contributed by atoms with Gasteiger partial charge in [-0.1, -0.05) is 6.92 Å². The number of aliphatic imine (C=N–C) groups is 1. The molecule has 6 heteroatoms. The first-order chi connectivity index (χ1) is 10.8. The van der Waals surface area contributed by atoms with Crippen LogP contribution in [0.25, 0.3) is 0 Å². The Kier molecular flexibility index (Phi) is 7.62. The molecule has 0 unspecified atom stereocenters. The zero-order valence-corrected chi connectivity index (χ0v) is 17.4. The average molecular weight is 448 g/mol. The summed E-state index contributed by atoms with van der Waals surface area (Å²) in [6.07, 6.45) is 3.78. The molecule has 0 saturated carbocycles. The second-order valence-electron chi connectivity index (χ2n) is 6.54. The first-order valence-corrected chi connectivity index (χ1v) is 9.37. The summed E-state index contributed by atoms with van der Waals surface area (Å²) < 4.78 is 0. The highest BCUT2D eigenvalue weighted by Gasteiger charge is 2.19.